The van der Waals surface area contributed by atoms with Gasteiger partial charge in [-0.15, -0.1) is 0 Å². The summed E-state index contributed by atoms with van der Waals surface area (Å²) in [7, 11) is 3.84. The summed E-state index contributed by atoms with van der Waals surface area (Å²) in [6, 6.07) is 0. The zero-order valence-corrected chi connectivity index (χ0v) is 10.8. The summed E-state index contributed by atoms with van der Waals surface area (Å²) >= 11 is 0. The summed E-state index contributed by atoms with van der Waals surface area (Å²) in [6.07, 6.45) is 1.95. The molecule has 88 valence electrons. The first kappa shape index (κ1) is 14.2. The first-order chi connectivity index (χ1) is 6.71. The van der Waals surface area contributed by atoms with Crippen molar-refractivity contribution < 1.29 is 9.53 Å². The highest BCUT2D eigenvalue weighted by molar-refractivity contribution is 5.81. The number of carbonyl (C=O) groups is 1. The molecule has 0 aromatic rings. The first-order valence-corrected chi connectivity index (χ1v) is 5.24. The Morgan fingerprint density at radius 1 is 1.40 bits per heavy atom. The molecule has 0 aromatic carbocycles. The third-order valence-electron chi connectivity index (χ3n) is 2.81. The molecule has 0 aliphatic rings. The summed E-state index contributed by atoms with van der Waals surface area (Å²) in [5, 5.41) is 0. The molecule has 0 N–H and O–H groups in total. The van der Waals surface area contributed by atoms with Gasteiger partial charge in [-0.3, -0.25) is 4.90 Å². The lowest BCUT2D eigenvalue weighted by Crippen LogP contribution is -2.56. The fourth-order valence-corrected chi connectivity index (χ4v) is 2.04. The smallest absolute Gasteiger partial charge is 0.331 e. The van der Waals surface area contributed by atoms with Crippen LogP contribution in [0.2, 0.25) is 0 Å². The van der Waals surface area contributed by atoms with E-state index >= 15 is 0 Å². The van der Waals surface area contributed by atoms with E-state index in [1.807, 2.05) is 25.9 Å². The molecule has 0 spiro atoms. The van der Waals surface area contributed by atoms with Gasteiger partial charge in [0.2, 0.25) is 0 Å². The zero-order chi connectivity index (χ0) is 12.3. The monoisotopic (exact) mass is 213 g/mol. The first-order valence-electron chi connectivity index (χ1n) is 5.24. The SMILES string of the molecule is C=CC(=O)OC(CC)(N(C)C)C(C)(C)C. The zero-order valence-electron chi connectivity index (χ0n) is 10.8. The number of rotatable bonds is 4. The Bertz CT molecular complexity index is 240. The minimum Gasteiger partial charge on any atom is -0.440 e. The summed E-state index contributed by atoms with van der Waals surface area (Å²) in [6.45, 7) is 11.6. The Labute approximate surface area is 93.1 Å². The Kier molecular flexibility index (Phi) is 4.53. The molecule has 0 aromatic heterocycles. The normalized spacial score (nSPS) is 15.9. The summed E-state index contributed by atoms with van der Waals surface area (Å²) in [4.78, 5) is 13.3. The minimum absolute atomic E-state index is 0.149. The van der Waals surface area contributed by atoms with Gasteiger partial charge in [0.15, 0.2) is 5.72 Å². The highest BCUT2D eigenvalue weighted by atomic mass is 16.6. The Balaban J connectivity index is 5.17. The van der Waals surface area contributed by atoms with E-state index in [4.69, 9.17) is 4.74 Å². The van der Waals surface area contributed by atoms with Crippen molar-refractivity contribution in [1.29, 1.82) is 0 Å². The third-order valence-corrected chi connectivity index (χ3v) is 2.81. The molecule has 0 bridgehead atoms. The summed E-state index contributed by atoms with van der Waals surface area (Å²) in [5.74, 6) is -0.375. The van der Waals surface area contributed by atoms with Gasteiger partial charge in [0.05, 0.1) is 0 Å². The standard InChI is InChI=1S/C12H23NO2/c1-8-10(14)15-12(9-2,13(6)7)11(3,4)5/h8H,1,9H2,2-7H3. The van der Waals surface area contributed by atoms with E-state index in [2.05, 4.69) is 27.4 Å². The lowest BCUT2D eigenvalue weighted by molar-refractivity contribution is -0.204. The van der Waals surface area contributed by atoms with E-state index in [-0.39, 0.29) is 11.4 Å². The number of hydrogen-bond acceptors (Lipinski definition) is 3. The molecule has 0 fully saturated rings. The van der Waals surface area contributed by atoms with Crippen molar-refractivity contribution in [1.82, 2.24) is 4.90 Å². The summed E-state index contributed by atoms with van der Waals surface area (Å²) < 4.78 is 5.53. The van der Waals surface area contributed by atoms with Crippen molar-refractivity contribution in [3.8, 4) is 0 Å². The molecule has 0 saturated carbocycles. The highest BCUT2D eigenvalue weighted by Crippen LogP contribution is 2.38. The van der Waals surface area contributed by atoms with Crippen molar-refractivity contribution in [3.63, 3.8) is 0 Å². The second-order valence-corrected chi connectivity index (χ2v) is 4.91. The van der Waals surface area contributed by atoms with Crippen LogP contribution < -0.4 is 0 Å². The number of esters is 1. The van der Waals surface area contributed by atoms with Crippen molar-refractivity contribution in [3.05, 3.63) is 12.7 Å². The van der Waals surface area contributed by atoms with Crippen LogP contribution in [0.3, 0.4) is 0 Å². The highest BCUT2D eigenvalue weighted by Gasteiger charge is 2.45. The van der Waals surface area contributed by atoms with Gasteiger partial charge in [-0.25, -0.2) is 4.79 Å². The van der Waals surface area contributed by atoms with Gasteiger partial charge in [-0.05, 0) is 20.5 Å². The molecule has 15 heavy (non-hydrogen) atoms. The van der Waals surface area contributed by atoms with Gasteiger partial charge in [0, 0.05) is 11.5 Å². The second kappa shape index (κ2) is 4.79. The molecular formula is C12H23NO2. The molecule has 3 heteroatoms. The fraction of sp³-hybridized carbons (Fsp3) is 0.750. The summed E-state index contributed by atoms with van der Waals surface area (Å²) in [5.41, 5.74) is -0.734. The van der Waals surface area contributed by atoms with Crippen LogP contribution in [0.5, 0.6) is 0 Å². The van der Waals surface area contributed by atoms with E-state index in [1.165, 1.54) is 6.08 Å². The van der Waals surface area contributed by atoms with E-state index in [9.17, 15) is 4.79 Å². The minimum atomic E-state index is -0.585. The Morgan fingerprint density at radius 2 is 1.87 bits per heavy atom. The van der Waals surface area contributed by atoms with Crippen molar-refractivity contribution in [2.24, 2.45) is 5.41 Å². The molecular weight excluding hydrogens is 190 g/mol. The van der Waals surface area contributed by atoms with Crippen molar-refractivity contribution in [2.75, 3.05) is 14.1 Å². The second-order valence-electron chi connectivity index (χ2n) is 4.91. The molecule has 0 aliphatic carbocycles. The third kappa shape index (κ3) is 2.81. The van der Waals surface area contributed by atoms with Gasteiger partial charge in [0.25, 0.3) is 0 Å². The van der Waals surface area contributed by atoms with Crippen LogP contribution in [0, 0.1) is 5.41 Å². The molecule has 3 nitrogen and oxygen atoms in total. The predicted molar refractivity (Wildman–Crippen MR) is 62.5 cm³/mol. The van der Waals surface area contributed by atoms with Gasteiger partial charge in [-0.1, -0.05) is 34.3 Å². The fourth-order valence-electron chi connectivity index (χ4n) is 2.04. The van der Waals surface area contributed by atoms with E-state index in [0.29, 0.717) is 0 Å². The van der Waals surface area contributed by atoms with E-state index < -0.39 is 5.72 Å². The van der Waals surface area contributed by atoms with Crippen LogP contribution in [-0.2, 0) is 9.53 Å². The molecule has 0 radical (unpaired) electrons. The maximum absolute atomic E-state index is 11.4. The topological polar surface area (TPSA) is 29.5 Å². The lowest BCUT2D eigenvalue weighted by Gasteiger charge is -2.47. The predicted octanol–water partition coefficient (Wildman–Crippen LogP) is 2.43. The van der Waals surface area contributed by atoms with Crippen LogP contribution >= 0.6 is 0 Å². The van der Waals surface area contributed by atoms with Gasteiger partial charge < -0.3 is 4.74 Å². The van der Waals surface area contributed by atoms with E-state index in [1.54, 1.807) is 0 Å². The van der Waals surface area contributed by atoms with Gasteiger partial charge in [-0.2, -0.15) is 0 Å². The van der Waals surface area contributed by atoms with Crippen molar-refractivity contribution >= 4 is 5.97 Å². The number of hydrogen-bond donors (Lipinski definition) is 0. The van der Waals surface area contributed by atoms with Crippen LogP contribution in [0.25, 0.3) is 0 Å². The molecule has 0 amide bonds. The molecule has 1 atom stereocenters. The van der Waals surface area contributed by atoms with Gasteiger partial charge >= 0.3 is 5.97 Å². The molecule has 1 unspecified atom stereocenters. The maximum atomic E-state index is 11.4. The van der Waals surface area contributed by atoms with E-state index in [0.717, 1.165) is 6.42 Å². The molecule has 0 rings (SSSR count). The Morgan fingerprint density at radius 3 is 2.07 bits per heavy atom. The molecule has 0 saturated heterocycles. The largest absolute Gasteiger partial charge is 0.440 e. The number of nitrogens with zero attached hydrogens (tertiary/aromatic N) is 1. The van der Waals surface area contributed by atoms with Crippen molar-refractivity contribution in [2.45, 2.75) is 39.8 Å². The number of ether oxygens (including phenoxy) is 1. The van der Waals surface area contributed by atoms with Crippen LogP contribution in [0.1, 0.15) is 34.1 Å². The van der Waals surface area contributed by atoms with Crippen LogP contribution in [0.15, 0.2) is 12.7 Å². The maximum Gasteiger partial charge on any atom is 0.331 e. The Hall–Kier alpha value is -0.830. The van der Waals surface area contributed by atoms with Gasteiger partial charge in [0.1, 0.15) is 0 Å². The molecule has 0 heterocycles. The quantitative estimate of drug-likeness (QED) is 0.408. The van der Waals surface area contributed by atoms with Crippen LogP contribution in [0.4, 0.5) is 0 Å². The number of carbonyl (C=O) groups excluding carboxylic acids is 1. The van der Waals surface area contributed by atoms with Crippen LogP contribution in [-0.4, -0.2) is 30.7 Å². The lowest BCUT2D eigenvalue weighted by atomic mass is 9.80. The molecule has 0 aliphatic heterocycles. The average molecular weight is 213 g/mol. The average Bonchev–Trinajstić information content (AvgIpc) is 2.11.